The molecule has 0 radical (unpaired) electrons. The molecule has 2 aromatic rings. The third kappa shape index (κ3) is 3.64. The van der Waals surface area contributed by atoms with E-state index in [2.05, 4.69) is 27.1 Å². The zero-order valence-electron chi connectivity index (χ0n) is 17.4. The van der Waals surface area contributed by atoms with E-state index in [0.29, 0.717) is 34.1 Å². The molecule has 2 atom stereocenters. The van der Waals surface area contributed by atoms with Gasteiger partial charge in [-0.15, -0.1) is 0 Å². The number of rotatable bonds is 4. The summed E-state index contributed by atoms with van der Waals surface area (Å²) >= 11 is 1.53. The summed E-state index contributed by atoms with van der Waals surface area (Å²) in [6.07, 6.45) is 1.33. The lowest BCUT2D eigenvalue weighted by Crippen LogP contribution is -2.57. The number of hydrogen-bond donors (Lipinski definition) is 1. The third-order valence-corrected chi connectivity index (χ3v) is 5.77. The minimum absolute atomic E-state index is 0.0230. The van der Waals surface area contributed by atoms with Crippen LogP contribution >= 0.6 is 11.8 Å². The Hall–Kier alpha value is -1.67. The summed E-state index contributed by atoms with van der Waals surface area (Å²) in [5, 5.41) is 4.67. The summed E-state index contributed by atoms with van der Waals surface area (Å²) in [6, 6.07) is 0.147. The van der Waals surface area contributed by atoms with Crippen LogP contribution in [0.5, 0.6) is 5.88 Å². The van der Waals surface area contributed by atoms with E-state index < -0.39 is 0 Å². The van der Waals surface area contributed by atoms with Crippen LogP contribution in [0.25, 0.3) is 10.9 Å². The van der Waals surface area contributed by atoms with Crippen molar-refractivity contribution in [2.45, 2.75) is 64.8 Å². The van der Waals surface area contributed by atoms with Crippen LogP contribution < -0.4 is 15.0 Å². The predicted octanol–water partition coefficient (Wildman–Crippen LogP) is 3.81. The van der Waals surface area contributed by atoms with Gasteiger partial charge in [0.05, 0.1) is 11.7 Å². The number of pyridine rings is 1. The number of aromatic nitrogens is 3. The van der Waals surface area contributed by atoms with Crippen molar-refractivity contribution < 1.29 is 9.13 Å². The number of ether oxygens (including phenoxy) is 1. The molecule has 4 heterocycles. The standard InChI is InChI=1S/C18H24FN5OS.C2H6/c1-4-10-14(19)15-13-16(23-18(22-15)26-6-3)24-8-7-20-9-11(24)12(5-2)25-17(13)21-10;1-2/h11-12,20H,4-9H2,1-3H3;1-2H3. The molecule has 2 aromatic heterocycles. The average Bonchev–Trinajstić information content (AvgIpc) is 2.87. The molecule has 0 amide bonds. The van der Waals surface area contributed by atoms with Crippen molar-refractivity contribution in [3.63, 3.8) is 0 Å². The zero-order chi connectivity index (χ0) is 20.3. The molecule has 154 valence electrons. The third-order valence-electron chi connectivity index (χ3n) is 5.04. The number of nitrogens with one attached hydrogen (secondary N) is 1. The second-order valence-corrected chi connectivity index (χ2v) is 7.78. The van der Waals surface area contributed by atoms with Crippen LogP contribution in [0.1, 0.15) is 46.7 Å². The largest absolute Gasteiger partial charge is 0.472 e. The Morgan fingerprint density at radius 2 is 2.00 bits per heavy atom. The maximum absolute atomic E-state index is 15.1. The fourth-order valence-corrected chi connectivity index (χ4v) is 4.33. The fourth-order valence-electron chi connectivity index (χ4n) is 3.77. The molecule has 2 unspecified atom stereocenters. The van der Waals surface area contributed by atoms with Gasteiger partial charge in [-0.05, 0) is 18.6 Å². The summed E-state index contributed by atoms with van der Waals surface area (Å²) in [5.41, 5.74) is 0.735. The Morgan fingerprint density at radius 1 is 1.21 bits per heavy atom. The maximum atomic E-state index is 15.1. The molecule has 0 aliphatic carbocycles. The first kappa shape index (κ1) is 21.0. The number of nitrogens with zero attached hydrogens (tertiary/aromatic N) is 4. The first-order valence-electron chi connectivity index (χ1n) is 10.3. The Bertz CT molecular complexity index is 834. The van der Waals surface area contributed by atoms with E-state index in [-0.39, 0.29) is 18.0 Å². The highest BCUT2D eigenvalue weighted by atomic mass is 32.2. The minimum atomic E-state index is -0.349. The summed E-state index contributed by atoms with van der Waals surface area (Å²) in [5.74, 6) is 1.72. The van der Waals surface area contributed by atoms with Gasteiger partial charge >= 0.3 is 0 Å². The van der Waals surface area contributed by atoms with E-state index in [9.17, 15) is 0 Å². The van der Waals surface area contributed by atoms with E-state index in [1.807, 2.05) is 27.7 Å². The Morgan fingerprint density at radius 3 is 2.68 bits per heavy atom. The van der Waals surface area contributed by atoms with E-state index in [1.165, 1.54) is 11.8 Å². The molecule has 1 saturated heterocycles. The zero-order valence-corrected chi connectivity index (χ0v) is 18.2. The van der Waals surface area contributed by atoms with Crippen LogP contribution in [0.3, 0.4) is 0 Å². The molecule has 1 fully saturated rings. The highest BCUT2D eigenvalue weighted by Gasteiger charge is 2.37. The van der Waals surface area contributed by atoms with Crippen molar-refractivity contribution in [3.8, 4) is 5.88 Å². The van der Waals surface area contributed by atoms with Gasteiger partial charge in [-0.3, -0.25) is 0 Å². The lowest BCUT2D eigenvalue weighted by atomic mass is 10.0. The molecule has 0 spiro atoms. The second kappa shape index (κ2) is 9.22. The smallest absolute Gasteiger partial charge is 0.227 e. The van der Waals surface area contributed by atoms with Gasteiger partial charge in [-0.1, -0.05) is 46.4 Å². The van der Waals surface area contributed by atoms with Crippen LogP contribution in [0.15, 0.2) is 5.16 Å². The highest BCUT2D eigenvalue weighted by Crippen LogP contribution is 2.40. The summed E-state index contributed by atoms with van der Waals surface area (Å²) < 4.78 is 21.4. The van der Waals surface area contributed by atoms with Crippen molar-refractivity contribution in [2.24, 2.45) is 0 Å². The first-order valence-corrected chi connectivity index (χ1v) is 11.3. The summed E-state index contributed by atoms with van der Waals surface area (Å²) in [7, 11) is 0. The maximum Gasteiger partial charge on any atom is 0.227 e. The van der Waals surface area contributed by atoms with E-state index in [0.717, 1.165) is 37.6 Å². The predicted molar refractivity (Wildman–Crippen MR) is 113 cm³/mol. The number of hydrogen-bond acceptors (Lipinski definition) is 7. The Balaban J connectivity index is 0.00000109. The van der Waals surface area contributed by atoms with Gasteiger partial charge in [0.2, 0.25) is 5.88 Å². The Kier molecular flexibility index (Phi) is 6.93. The lowest BCUT2D eigenvalue weighted by Gasteiger charge is -2.39. The van der Waals surface area contributed by atoms with Gasteiger partial charge < -0.3 is 15.0 Å². The molecule has 0 aromatic carbocycles. The molecule has 0 saturated carbocycles. The van der Waals surface area contributed by atoms with Crippen molar-refractivity contribution in [1.82, 2.24) is 20.3 Å². The minimum Gasteiger partial charge on any atom is -0.472 e. The summed E-state index contributed by atoms with van der Waals surface area (Å²) in [4.78, 5) is 16.1. The number of halogens is 1. The molecule has 28 heavy (non-hydrogen) atoms. The second-order valence-electron chi connectivity index (χ2n) is 6.55. The molecular weight excluding hydrogens is 377 g/mol. The number of aryl methyl sites for hydroxylation is 1. The van der Waals surface area contributed by atoms with Gasteiger partial charge in [-0.25, -0.2) is 19.3 Å². The monoisotopic (exact) mass is 407 g/mol. The molecule has 1 N–H and O–H groups in total. The van der Waals surface area contributed by atoms with E-state index in [1.54, 1.807) is 0 Å². The van der Waals surface area contributed by atoms with Gasteiger partial charge in [0.15, 0.2) is 11.0 Å². The van der Waals surface area contributed by atoms with Crippen molar-refractivity contribution in [1.29, 1.82) is 0 Å². The molecular formula is C20H30FN5OS. The number of anilines is 1. The van der Waals surface area contributed by atoms with Crippen molar-refractivity contribution >= 4 is 28.5 Å². The first-order chi connectivity index (χ1) is 13.7. The summed E-state index contributed by atoms with van der Waals surface area (Å²) in [6.45, 7) is 12.5. The number of fused-ring (bicyclic) bond motifs is 2. The molecule has 8 heteroatoms. The van der Waals surface area contributed by atoms with E-state index in [4.69, 9.17) is 9.72 Å². The van der Waals surface area contributed by atoms with E-state index >= 15 is 4.39 Å². The highest BCUT2D eigenvalue weighted by molar-refractivity contribution is 7.99. The molecule has 2 aliphatic heterocycles. The molecule has 0 bridgehead atoms. The number of piperazine rings is 1. The molecule has 4 rings (SSSR count). The van der Waals surface area contributed by atoms with Gasteiger partial charge in [0.1, 0.15) is 22.8 Å². The average molecular weight is 408 g/mol. The van der Waals surface area contributed by atoms with Crippen molar-refractivity contribution in [3.05, 3.63) is 11.5 Å². The molecule has 2 aliphatic rings. The topological polar surface area (TPSA) is 63.2 Å². The number of thioether (sulfide) groups is 1. The van der Waals surface area contributed by atoms with Gasteiger partial charge in [0.25, 0.3) is 0 Å². The molecule has 6 nitrogen and oxygen atoms in total. The van der Waals surface area contributed by atoms with Crippen molar-refractivity contribution in [2.75, 3.05) is 30.3 Å². The normalized spacial score (nSPS) is 20.7. The van der Waals surface area contributed by atoms with Gasteiger partial charge in [-0.2, -0.15) is 0 Å². The SMILES string of the molecule is CC.CCSc1nc2c3c(nc(CC)c(F)c3n1)OC(CC)C1CNCCN21. The van der Waals surface area contributed by atoms with Crippen LogP contribution in [0.4, 0.5) is 10.2 Å². The van der Waals surface area contributed by atoms with Crippen LogP contribution in [-0.2, 0) is 6.42 Å². The van der Waals surface area contributed by atoms with Crippen LogP contribution in [0.2, 0.25) is 0 Å². The van der Waals surface area contributed by atoms with Gasteiger partial charge in [0, 0.05) is 19.6 Å². The quantitative estimate of drug-likeness (QED) is 0.611. The Labute approximate surface area is 170 Å². The van der Waals surface area contributed by atoms with Crippen LogP contribution in [-0.4, -0.2) is 52.5 Å². The van der Waals surface area contributed by atoms with Crippen LogP contribution in [0, 0.1) is 5.82 Å². The lowest BCUT2D eigenvalue weighted by molar-refractivity contribution is 0.152. The fraction of sp³-hybridized carbons (Fsp3) is 0.650.